The molecule has 232 valence electrons. The number of carboxylic acids is 1. The summed E-state index contributed by atoms with van der Waals surface area (Å²) in [7, 11) is 0. The average molecular weight is 600 g/mol. The highest BCUT2D eigenvalue weighted by Gasteiger charge is 2.38. The molecule has 1 aliphatic heterocycles. The zero-order chi connectivity index (χ0) is 29.7. The van der Waals surface area contributed by atoms with Gasteiger partial charge in [-0.3, -0.25) is 4.79 Å². The van der Waals surface area contributed by atoms with Gasteiger partial charge in [0.2, 0.25) is 5.91 Å². The minimum atomic E-state index is -1.000. The Hall–Kier alpha value is -1.92. The molecule has 2 heterocycles. The van der Waals surface area contributed by atoms with Gasteiger partial charge in [0.05, 0.1) is 42.1 Å². The average Bonchev–Trinajstić information content (AvgIpc) is 3.75. The fourth-order valence-electron chi connectivity index (χ4n) is 6.95. The van der Waals surface area contributed by atoms with Crippen molar-refractivity contribution in [1.82, 2.24) is 0 Å². The summed E-state index contributed by atoms with van der Waals surface area (Å²) in [5.41, 5.74) is 0.125. The van der Waals surface area contributed by atoms with Gasteiger partial charge in [0.1, 0.15) is 4.88 Å². The van der Waals surface area contributed by atoms with E-state index in [2.05, 4.69) is 18.8 Å². The molecule has 1 atom stereocenters. The molecule has 1 unspecified atom stereocenters. The maximum atomic E-state index is 14.2. The van der Waals surface area contributed by atoms with E-state index in [0.29, 0.717) is 35.8 Å². The van der Waals surface area contributed by atoms with Gasteiger partial charge in [0.15, 0.2) is 0 Å². The Balaban J connectivity index is 1.35. The standard InChI is InChI=1S/C34H49NO6S/c1-23-8-10-24(11-9-23)32(36)35(25-12-14-27(15-13-25)41-26-6-4-5-7-26)30-20-29(42-31(30)33(37)38)16-18-34(2,3)22-40-28-17-19-39-21-28/h20,23-28H,4-15,17,19,21-22H2,1-3H3,(H,37,38)/t23-,24-,25-,27-,28?. The Morgan fingerprint density at radius 3 is 2.33 bits per heavy atom. The molecular weight excluding hydrogens is 550 g/mol. The molecule has 7 nitrogen and oxygen atoms in total. The third-order valence-electron chi connectivity index (χ3n) is 9.56. The van der Waals surface area contributed by atoms with Crippen LogP contribution in [0.3, 0.4) is 0 Å². The van der Waals surface area contributed by atoms with Crippen molar-refractivity contribution in [3.05, 3.63) is 15.8 Å². The van der Waals surface area contributed by atoms with Gasteiger partial charge in [-0.2, -0.15) is 0 Å². The zero-order valence-corrected chi connectivity index (χ0v) is 26.5. The van der Waals surface area contributed by atoms with E-state index < -0.39 is 11.4 Å². The van der Waals surface area contributed by atoms with Crippen LogP contribution in [0.25, 0.3) is 0 Å². The molecule has 4 aliphatic rings. The number of nitrogens with zero attached hydrogens (tertiary/aromatic N) is 1. The molecule has 3 aliphatic carbocycles. The third kappa shape index (κ3) is 8.16. The third-order valence-corrected chi connectivity index (χ3v) is 10.6. The maximum Gasteiger partial charge on any atom is 0.348 e. The number of thiophene rings is 1. The van der Waals surface area contributed by atoms with Gasteiger partial charge in [-0.05, 0) is 96.5 Å². The van der Waals surface area contributed by atoms with E-state index in [0.717, 1.165) is 77.2 Å². The van der Waals surface area contributed by atoms with E-state index in [4.69, 9.17) is 14.2 Å². The number of carbonyl (C=O) groups is 2. The summed E-state index contributed by atoms with van der Waals surface area (Å²) < 4.78 is 17.9. The van der Waals surface area contributed by atoms with Crippen LogP contribution in [0.1, 0.15) is 119 Å². The lowest BCUT2D eigenvalue weighted by Gasteiger charge is -2.40. The van der Waals surface area contributed by atoms with E-state index in [1.807, 2.05) is 24.8 Å². The highest BCUT2D eigenvalue weighted by Crippen LogP contribution is 2.39. The molecular formula is C34H49NO6S. The smallest absolute Gasteiger partial charge is 0.348 e. The Morgan fingerprint density at radius 1 is 1.00 bits per heavy atom. The van der Waals surface area contributed by atoms with E-state index in [-0.39, 0.29) is 35.0 Å². The minimum Gasteiger partial charge on any atom is -0.477 e. The van der Waals surface area contributed by atoms with Gasteiger partial charge >= 0.3 is 5.97 Å². The van der Waals surface area contributed by atoms with Crippen LogP contribution in [0, 0.1) is 29.1 Å². The van der Waals surface area contributed by atoms with Gasteiger partial charge in [0, 0.05) is 24.0 Å². The van der Waals surface area contributed by atoms with Crippen molar-refractivity contribution < 1.29 is 28.9 Å². The number of hydrogen-bond acceptors (Lipinski definition) is 6. The molecule has 0 spiro atoms. The molecule has 5 rings (SSSR count). The van der Waals surface area contributed by atoms with Gasteiger partial charge in [0.25, 0.3) is 0 Å². The van der Waals surface area contributed by atoms with Crippen LogP contribution in [-0.2, 0) is 19.0 Å². The Morgan fingerprint density at radius 2 is 1.69 bits per heavy atom. The highest BCUT2D eigenvalue weighted by molar-refractivity contribution is 7.15. The van der Waals surface area contributed by atoms with E-state index in [1.54, 1.807) is 0 Å². The Labute approximate surface area is 255 Å². The monoisotopic (exact) mass is 599 g/mol. The SMILES string of the molecule is CC(C)(C#Cc1cc(N(C(=O)[C@H]2CC[C@H](C)CC2)[C@H]2CC[C@H](OC3CCCC3)CC2)c(C(=O)O)s1)COC1CCOC1. The second-order valence-electron chi connectivity index (χ2n) is 13.7. The zero-order valence-electron chi connectivity index (χ0n) is 25.7. The Bertz CT molecular complexity index is 1120. The molecule has 1 saturated heterocycles. The van der Waals surface area contributed by atoms with E-state index in [9.17, 15) is 14.7 Å². The molecule has 0 bridgehead atoms. The topological polar surface area (TPSA) is 85.3 Å². The maximum absolute atomic E-state index is 14.2. The second-order valence-corrected chi connectivity index (χ2v) is 14.8. The van der Waals surface area contributed by atoms with Crippen LogP contribution in [0.4, 0.5) is 5.69 Å². The van der Waals surface area contributed by atoms with Crippen LogP contribution >= 0.6 is 11.3 Å². The molecule has 4 fully saturated rings. The number of anilines is 1. The normalized spacial score (nSPS) is 28.8. The summed E-state index contributed by atoms with van der Waals surface area (Å²) in [4.78, 5) is 29.5. The van der Waals surface area contributed by atoms with Crippen LogP contribution in [0.5, 0.6) is 0 Å². The van der Waals surface area contributed by atoms with Crippen molar-refractivity contribution >= 4 is 28.9 Å². The van der Waals surface area contributed by atoms with Crippen molar-refractivity contribution in [2.24, 2.45) is 17.3 Å². The summed E-state index contributed by atoms with van der Waals surface area (Å²) in [6.07, 6.45) is 13.8. The van der Waals surface area contributed by atoms with Crippen molar-refractivity contribution in [2.45, 2.75) is 129 Å². The van der Waals surface area contributed by atoms with Crippen molar-refractivity contribution in [1.29, 1.82) is 0 Å². The van der Waals surface area contributed by atoms with Gasteiger partial charge in [-0.25, -0.2) is 4.79 Å². The number of carboxylic acid groups (broad SMARTS) is 1. The first-order valence-electron chi connectivity index (χ1n) is 16.3. The minimum absolute atomic E-state index is 0.0211. The van der Waals surface area contributed by atoms with Crippen molar-refractivity contribution in [3.63, 3.8) is 0 Å². The number of carbonyl (C=O) groups excluding carboxylic acids is 1. The second kappa shape index (κ2) is 14.2. The summed E-state index contributed by atoms with van der Waals surface area (Å²) in [5, 5.41) is 10.3. The predicted octanol–water partition coefficient (Wildman–Crippen LogP) is 7.06. The Kier molecular flexibility index (Phi) is 10.7. The van der Waals surface area contributed by atoms with Crippen molar-refractivity contribution in [2.75, 3.05) is 24.7 Å². The molecule has 8 heteroatoms. The van der Waals surface area contributed by atoms with Gasteiger partial charge in [-0.1, -0.05) is 31.6 Å². The van der Waals surface area contributed by atoms with Crippen LogP contribution in [0.2, 0.25) is 0 Å². The summed E-state index contributed by atoms with van der Waals surface area (Å²) in [6, 6.07) is 1.83. The fourth-order valence-corrected chi connectivity index (χ4v) is 7.79. The number of hydrogen-bond donors (Lipinski definition) is 1. The molecule has 1 amide bonds. The van der Waals surface area contributed by atoms with Crippen LogP contribution in [0.15, 0.2) is 6.07 Å². The number of amides is 1. The number of rotatable bonds is 9. The molecule has 1 aromatic rings. The van der Waals surface area contributed by atoms with Gasteiger partial charge in [-0.15, -0.1) is 11.3 Å². The van der Waals surface area contributed by atoms with Crippen molar-refractivity contribution in [3.8, 4) is 11.8 Å². The highest BCUT2D eigenvalue weighted by atomic mass is 32.1. The number of aromatic carboxylic acids is 1. The fraction of sp³-hybridized carbons (Fsp3) is 0.765. The summed E-state index contributed by atoms with van der Waals surface area (Å²) >= 11 is 1.18. The van der Waals surface area contributed by atoms with Gasteiger partial charge < -0.3 is 24.2 Å². The lowest BCUT2D eigenvalue weighted by molar-refractivity contribution is -0.124. The first-order valence-corrected chi connectivity index (χ1v) is 17.1. The molecule has 0 radical (unpaired) electrons. The first kappa shape index (κ1) is 31.5. The van der Waals surface area contributed by atoms with E-state index in [1.165, 1.54) is 24.2 Å². The van der Waals surface area contributed by atoms with Crippen LogP contribution in [-0.4, -0.2) is 61.2 Å². The molecule has 0 aromatic carbocycles. The van der Waals surface area contributed by atoms with Crippen LogP contribution < -0.4 is 4.90 Å². The largest absolute Gasteiger partial charge is 0.477 e. The lowest BCUT2D eigenvalue weighted by Crippen LogP contribution is -2.47. The summed E-state index contributed by atoms with van der Waals surface area (Å²) in [5.74, 6) is 6.23. The molecule has 42 heavy (non-hydrogen) atoms. The lowest BCUT2D eigenvalue weighted by atomic mass is 9.81. The van der Waals surface area contributed by atoms with E-state index >= 15 is 0 Å². The predicted molar refractivity (Wildman–Crippen MR) is 165 cm³/mol. The first-order chi connectivity index (χ1) is 20.2. The molecule has 1 aromatic heterocycles. The summed E-state index contributed by atoms with van der Waals surface area (Å²) in [6.45, 7) is 8.16. The molecule has 1 N–H and O–H groups in total. The number of ether oxygens (including phenoxy) is 3. The molecule has 3 saturated carbocycles. The quantitative estimate of drug-likeness (QED) is 0.306.